The standard InChI is InChI=1S/C23H29N/c1-12-10-18-21(23(7,8)9)20-16(5)14(3)13(2)11-19(20)24-22(18)17(6)15(12)4/h10-11H,1-9H3. The molecule has 1 aromatic heterocycles. The topological polar surface area (TPSA) is 12.9 Å². The second kappa shape index (κ2) is 5.31. The molecule has 24 heavy (non-hydrogen) atoms. The number of rotatable bonds is 0. The van der Waals surface area contributed by atoms with E-state index < -0.39 is 0 Å². The Morgan fingerprint density at radius 1 is 0.708 bits per heavy atom. The minimum absolute atomic E-state index is 0.0695. The van der Waals surface area contributed by atoms with Crippen LogP contribution >= 0.6 is 0 Å². The van der Waals surface area contributed by atoms with Gasteiger partial charge < -0.3 is 0 Å². The first-order chi connectivity index (χ1) is 11.0. The summed E-state index contributed by atoms with van der Waals surface area (Å²) in [6, 6.07) is 4.61. The fourth-order valence-corrected chi connectivity index (χ4v) is 3.90. The van der Waals surface area contributed by atoms with Gasteiger partial charge >= 0.3 is 0 Å². The molecule has 0 atom stereocenters. The molecule has 0 saturated heterocycles. The highest BCUT2D eigenvalue weighted by Gasteiger charge is 2.24. The molecule has 0 aliphatic heterocycles. The molecule has 126 valence electrons. The van der Waals surface area contributed by atoms with Gasteiger partial charge in [0.15, 0.2) is 0 Å². The van der Waals surface area contributed by atoms with Crippen molar-refractivity contribution < 1.29 is 0 Å². The molecule has 0 fully saturated rings. The third kappa shape index (κ3) is 2.33. The molecule has 0 saturated carbocycles. The van der Waals surface area contributed by atoms with Crippen LogP contribution in [-0.2, 0) is 5.41 Å². The summed E-state index contributed by atoms with van der Waals surface area (Å²) in [6.45, 7) is 20.3. The van der Waals surface area contributed by atoms with Crippen molar-refractivity contribution in [2.24, 2.45) is 0 Å². The van der Waals surface area contributed by atoms with E-state index in [0.717, 1.165) is 11.0 Å². The Bertz CT molecular complexity index is 985. The summed E-state index contributed by atoms with van der Waals surface area (Å²) in [7, 11) is 0. The summed E-state index contributed by atoms with van der Waals surface area (Å²) in [5.74, 6) is 0. The molecule has 0 bridgehead atoms. The van der Waals surface area contributed by atoms with Crippen LogP contribution in [0.15, 0.2) is 12.1 Å². The summed E-state index contributed by atoms with van der Waals surface area (Å²) in [6.07, 6.45) is 0. The van der Waals surface area contributed by atoms with E-state index in [1.807, 2.05) is 0 Å². The minimum atomic E-state index is 0.0695. The van der Waals surface area contributed by atoms with Gasteiger partial charge in [0.2, 0.25) is 0 Å². The van der Waals surface area contributed by atoms with Crippen LogP contribution in [-0.4, -0.2) is 4.98 Å². The maximum absolute atomic E-state index is 5.12. The second-order valence-electron chi connectivity index (χ2n) is 8.41. The lowest BCUT2D eigenvalue weighted by Crippen LogP contribution is -2.15. The van der Waals surface area contributed by atoms with E-state index in [4.69, 9.17) is 4.98 Å². The molecule has 3 rings (SSSR count). The first-order valence-corrected chi connectivity index (χ1v) is 8.85. The summed E-state index contributed by atoms with van der Waals surface area (Å²) < 4.78 is 0. The molecule has 0 spiro atoms. The number of benzene rings is 2. The quantitative estimate of drug-likeness (QED) is 0.429. The summed E-state index contributed by atoms with van der Waals surface area (Å²) >= 11 is 0. The van der Waals surface area contributed by atoms with Crippen LogP contribution in [0, 0.1) is 41.5 Å². The number of aromatic nitrogens is 1. The van der Waals surface area contributed by atoms with Crippen LogP contribution in [0.2, 0.25) is 0 Å². The molecule has 0 radical (unpaired) electrons. The van der Waals surface area contributed by atoms with Gasteiger partial charge in [0.05, 0.1) is 11.0 Å². The van der Waals surface area contributed by atoms with Gasteiger partial charge in [-0.25, -0.2) is 4.98 Å². The smallest absolute Gasteiger partial charge is 0.0744 e. The summed E-state index contributed by atoms with van der Waals surface area (Å²) in [4.78, 5) is 5.12. The third-order valence-electron chi connectivity index (χ3n) is 5.77. The van der Waals surface area contributed by atoms with E-state index in [1.165, 1.54) is 49.7 Å². The molecule has 1 heterocycles. The van der Waals surface area contributed by atoms with E-state index >= 15 is 0 Å². The first-order valence-electron chi connectivity index (χ1n) is 8.85. The van der Waals surface area contributed by atoms with Crippen molar-refractivity contribution in [2.75, 3.05) is 0 Å². The van der Waals surface area contributed by atoms with Gasteiger partial charge in [-0.2, -0.15) is 0 Å². The van der Waals surface area contributed by atoms with Gasteiger partial charge in [0.25, 0.3) is 0 Å². The van der Waals surface area contributed by atoms with Crippen LogP contribution in [0.5, 0.6) is 0 Å². The normalized spacial score (nSPS) is 12.4. The zero-order valence-corrected chi connectivity index (χ0v) is 16.6. The van der Waals surface area contributed by atoms with Gasteiger partial charge in [-0.1, -0.05) is 20.8 Å². The van der Waals surface area contributed by atoms with Crippen LogP contribution in [0.1, 0.15) is 59.7 Å². The molecular weight excluding hydrogens is 290 g/mol. The maximum atomic E-state index is 5.12. The molecule has 0 unspecified atom stereocenters. The highest BCUT2D eigenvalue weighted by Crippen LogP contribution is 2.40. The molecular formula is C23H29N. The highest BCUT2D eigenvalue weighted by atomic mass is 14.7. The average molecular weight is 319 g/mol. The Morgan fingerprint density at radius 3 is 1.83 bits per heavy atom. The zero-order chi connectivity index (χ0) is 18.0. The fourth-order valence-electron chi connectivity index (χ4n) is 3.90. The number of nitrogens with zero attached hydrogens (tertiary/aromatic N) is 1. The monoisotopic (exact) mass is 319 g/mol. The molecule has 3 aromatic rings. The number of aryl methyl sites for hydroxylation is 4. The fraction of sp³-hybridized carbons (Fsp3) is 0.435. The first kappa shape index (κ1) is 17.0. The number of hydrogen-bond donors (Lipinski definition) is 0. The lowest BCUT2D eigenvalue weighted by molar-refractivity contribution is 0.600. The largest absolute Gasteiger partial charge is 0.247 e. The molecule has 1 heteroatoms. The van der Waals surface area contributed by atoms with Crippen LogP contribution in [0.4, 0.5) is 0 Å². The summed E-state index contributed by atoms with van der Waals surface area (Å²) in [5.41, 5.74) is 11.9. The van der Waals surface area contributed by atoms with E-state index in [1.54, 1.807) is 0 Å². The predicted molar refractivity (Wildman–Crippen MR) is 106 cm³/mol. The predicted octanol–water partition coefficient (Wildman–Crippen LogP) is 6.54. The van der Waals surface area contributed by atoms with E-state index in [-0.39, 0.29) is 5.41 Å². The van der Waals surface area contributed by atoms with Crippen molar-refractivity contribution in [3.8, 4) is 0 Å². The van der Waals surface area contributed by atoms with E-state index in [2.05, 4.69) is 74.4 Å². The SMILES string of the molecule is Cc1cc2c(C(C)(C)C)c3c(C)c(C)c(C)cc3nc2c(C)c1C. The minimum Gasteiger partial charge on any atom is -0.247 e. The van der Waals surface area contributed by atoms with Crippen molar-refractivity contribution in [1.29, 1.82) is 0 Å². The highest BCUT2D eigenvalue weighted by molar-refractivity contribution is 6.02. The Morgan fingerprint density at radius 2 is 1.25 bits per heavy atom. The van der Waals surface area contributed by atoms with E-state index in [9.17, 15) is 0 Å². The Balaban J connectivity index is 2.71. The number of pyridine rings is 1. The molecule has 2 aromatic carbocycles. The van der Waals surface area contributed by atoms with Crippen LogP contribution < -0.4 is 0 Å². The van der Waals surface area contributed by atoms with Crippen LogP contribution in [0.25, 0.3) is 21.8 Å². The molecule has 0 N–H and O–H groups in total. The van der Waals surface area contributed by atoms with Gasteiger partial charge in [-0.3, -0.25) is 0 Å². The van der Waals surface area contributed by atoms with E-state index in [0.29, 0.717) is 0 Å². The molecule has 0 aliphatic carbocycles. The Hall–Kier alpha value is -1.89. The van der Waals surface area contributed by atoms with Crippen molar-refractivity contribution in [2.45, 2.75) is 67.7 Å². The van der Waals surface area contributed by atoms with Crippen molar-refractivity contribution >= 4 is 21.8 Å². The molecule has 0 amide bonds. The third-order valence-corrected chi connectivity index (χ3v) is 5.77. The van der Waals surface area contributed by atoms with Gasteiger partial charge in [0.1, 0.15) is 0 Å². The van der Waals surface area contributed by atoms with Crippen molar-refractivity contribution in [3.05, 3.63) is 51.1 Å². The zero-order valence-electron chi connectivity index (χ0n) is 16.6. The lowest BCUT2D eigenvalue weighted by Gasteiger charge is -2.27. The van der Waals surface area contributed by atoms with Crippen molar-refractivity contribution in [3.63, 3.8) is 0 Å². The van der Waals surface area contributed by atoms with Crippen molar-refractivity contribution in [1.82, 2.24) is 4.98 Å². The second-order valence-corrected chi connectivity index (χ2v) is 8.41. The van der Waals surface area contributed by atoms with Gasteiger partial charge in [-0.05, 0) is 98.0 Å². The van der Waals surface area contributed by atoms with Crippen LogP contribution in [0.3, 0.4) is 0 Å². The molecule has 0 aliphatic rings. The average Bonchev–Trinajstić information content (AvgIpc) is 2.48. The number of hydrogen-bond acceptors (Lipinski definition) is 1. The summed E-state index contributed by atoms with van der Waals surface area (Å²) in [5, 5.41) is 2.67. The van der Waals surface area contributed by atoms with Gasteiger partial charge in [0, 0.05) is 10.8 Å². The lowest BCUT2D eigenvalue weighted by atomic mass is 9.79. The Kier molecular flexibility index (Phi) is 3.75. The number of fused-ring (bicyclic) bond motifs is 2. The maximum Gasteiger partial charge on any atom is 0.0744 e. The van der Waals surface area contributed by atoms with Gasteiger partial charge in [-0.15, -0.1) is 0 Å². The Labute approximate surface area is 146 Å². The molecule has 1 nitrogen and oxygen atoms in total.